The number of hydrogen-bond acceptors (Lipinski definition) is 5. The Hall–Kier alpha value is -1.30. The van der Waals surface area contributed by atoms with E-state index in [0.717, 1.165) is 44.3 Å². The molecule has 0 bridgehead atoms. The molecule has 1 fully saturated rings. The highest BCUT2D eigenvalue weighted by Crippen LogP contribution is 2.34. The Kier molecular flexibility index (Phi) is 4.63. The van der Waals surface area contributed by atoms with Gasteiger partial charge in [-0.3, -0.25) is 4.90 Å². The number of nitrogens with one attached hydrogen (secondary N) is 1. The summed E-state index contributed by atoms with van der Waals surface area (Å²) in [6.45, 7) is 9.57. The van der Waals surface area contributed by atoms with Crippen molar-refractivity contribution in [2.75, 3.05) is 39.6 Å². The van der Waals surface area contributed by atoms with Gasteiger partial charge in [-0.25, -0.2) is 0 Å². The molecule has 5 nitrogen and oxygen atoms in total. The first-order valence-corrected chi connectivity index (χ1v) is 7.68. The summed E-state index contributed by atoms with van der Waals surface area (Å²) < 4.78 is 16.2. The molecular weight excluding hydrogens is 268 g/mol. The summed E-state index contributed by atoms with van der Waals surface area (Å²) in [5.74, 6) is 1.69. The number of ether oxygens (including phenoxy) is 3. The second kappa shape index (κ2) is 6.64. The van der Waals surface area contributed by atoms with Crippen molar-refractivity contribution in [1.82, 2.24) is 10.2 Å². The van der Waals surface area contributed by atoms with Gasteiger partial charge in [0, 0.05) is 31.7 Å². The van der Waals surface area contributed by atoms with E-state index in [0.29, 0.717) is 12.8 Å². The molecule has 2 aliphatic heterocycles. The maximum Gasteiger partial charge on any atom is 0.231 e. The second-order valence-corrected chi connectivity index (χ2v) is 5.82. The Balaban J connectivity index is 1.54. The van der Waals surface area contributed by atoms with Gasteiger partial charge in [0.2, 0.25) is 6.79 Å². The maximum absolute atomic E-state index is 5.44. The van der Waals surface area contributed by atoms with E-state index in [9.17, 15) is 0 Å². The molecule has 5 heteroatoms. The second-order valence-electron chi connectivity index (χ2n) is 5.82. The first-order chi connectivity index (χ1) is 10.2. The number of benzene rings is 1. The minimum Gasteiger partial charge on any atom is -0.454 e. The molecule has 1 saturated heterocycles. The van der Waals surface area contributed by atoms with Gasteiger partial charge in [-0.15, -0.1) is 0 Å². The van der Waals surface area contributed by atoms with Crippen LogP contribution in [0.1, 0.15) is 25.5 Å². The van der Waals surface area contributed by atoms with E-state index in [1.807, 2.05) is 6.07 Å². The van der Waals surface area contributed by atoms with Crippen LogP contribution in [0.5, 0.6) is 11.5 Å². The van der Waals surface area contributed by atoms with Crippen molar-refractivity contribution in [2.24, 2.45) is 0 Å². The minimum absolute atomic E-state index is 0.288. The third-order valence-electron chi connectivity index (χ3n) is 4.07. The normalized spacial score (nSPS) is 21.2. The molecule has 0 aliphatic carbocycles. The molecule has 116 valence electrons. The fraction of sp³-hybridized carbons (Fsp3) is 0.625. The average Bonchev–Trinajstić information content (AvgIpc) is 2.95. The van der Waals surface area contributed by atoms with Crippen LogP contribution in [0.25, 0.3) is 0 Å². The van der Waals surface area contributed by atoms with E-state index in [1.54, 1.807) is 0 Å². The van der Waals surface area contributed by atoms with E-state index in [1.165, 1.54) is 5.56 Å². The predicted molar refractivity (Wildman–Crippen MR) is 80.8 cm³/mol. The fourth-order valence-corrected chi connectivity index (χ4v) is 2.93. The zero-order valence-corrected chi connectivity index (χ0v) is 12.8. The molecular formula is C16H24N2O3. The molecule has 0 saturated carbocycles. The van der Waals surface area contributed by atoms with E-state index in [-0.39, 0.29) is 6.04 Å². The lowest BCUT2D eigenvalue weighted by molar-refractivity contribution is 0.0339. The molecule has 1 aromatic rings. The van der Waals surface area contributed by atoms with Crippen molar-refractivity contribution in [3.8, 4) is 11.5 Å². The fourth-order valence-electron chi connectivity index (χ4n) is 2.93. The van der Waals surface area contributed by atoms with Gasteiger partial charge in [0.15, 0.2) is 11.5 Å². The number of morpholine rings is 1. The van der Waals surface area contributed by atoms with Crippen molar-refractivity contribution in [1.29, 1.82) is 0 Å². The van der Waals surface area contributed by atoms with Crippen molar-refractivity contribution in [3.05, 3.63) is 23.8 Å². The average molecular weight is 292 g/mol. The first kappa shape index (κ1) is 14.6. The zero-order valence-electron chi connectivity index (χ0n) is 12.8. The van der Waals surface area contributed by atoms with Crippen LogP contribution < -0.4 is 14.8 Å². The Labute approximate surface area is 126 Å². The highest BCUT2D eigenvalue weighted by molar-refractivity contribution is 5.45. The largest absolute Gasteiger partial charge is 0.454 e. The quantitative estimate of drug-likeness (QED) is 0.896. The molecule has 0 aromatic heterocycles. The summed E-state index contributed by atoms with van der Waals surface area (Å²) in [6.07, 6.45) is 0. The van der Waals surface area contributed by atoms with Gasteiger partial charge < -0.3 is 19.5 Å². The molecule has 0 amide bonds. The molecule has 0 spiro atoms. The molecule has 21 heavy (non-hydrogen) atoms. The Morgan fingerprint density at radius 3 is 2.71 bits per heavy atom. The van der Waals surface area contributed by atoms with Crippen LogP contribution in [0.3, 0.4) is 0 Å². The van der Waals surface area contributed by atoms with Gasteiger partial charge in [-0.05, 0) is 31.5 Å². The Bertz CT molecular complexity index is 475. The molecule has 2 unspecified atom stereocenters. The Morgan fingerprint density at radius 2 is 1.90 bits per heavy atom. The summed E-state index contributed by atoms with van der Waals surface area (Å²) in [5.41, 5.74) is 1.23. The van der Waals surface area contributed by atoms with Crippen molar-refractivity contribution in [2.45, 2.75) is 25.9 Å². The SMILES string of the molecule is CC(CN1CCOCC1)NC(C)c1ccc2c(c1)OCO2. The molecule has 2 aliphatic rings. The molecule has 3 rings (SSSR count). The maximum atomic E-state index is 5.44. The Morgan fingerprint density at radius 1 is 1.14 bits per heavy atom. The molecule has 2 atom stereocenters. The van der Waals surface area contributed by atoms with Crippen LogP contribution >= 0.6 is 0 Å². The summed E-state index contributed by atoms with van der Waals surface area (Å²) in [5, 5.41) is 3.66. The van der Waals surface area contributed by atoms with E-state index >= 15 is 0 Å². The number of fused-ring (bicyclic) bond motifs is 1. The summed E-state index contributed by atoms with van der Waals surface area (Å²) in [7, 11) is 0. The highest BCUT2D eigenvalue weighted by Gasteiger charge is 2.18. The topological polar surface area (TPSA) is 43.0 Å². The monoisotopic (exact) mass is 292 g/mol. The van der Waals surface area contributed by atoms with Gasteiger partial charge in [-0.1, -0.05) is 6.07 Å². The highest BCUT2D eigenvalue weighted by atomic mass is 16.7. The summed E-state index contributed by atoms with van der Waals surface area (Å²) >= 11 is 0. The van der Waals surface area contributed by atoms with E-state index in [4.69, 9.17) is 14.2 Å². The lowest BCUT2D eigenvalue weighted by Gasteiger charge is -2.30. The van der Waals surface area contributed by atoms with Crippen LogP contribution in [0.15, 0.2) is 18.2 Å². The van der Waals surface area contributed by atoms with Crippen LogP contribution in [0.4, 0.5) is 0 Å². The van der Waals surface area contributed by atoms with Crippen LogP contribution in [-0.2, 0) is 4.74 Å². The predicted octanol–water partition coefficient (Wildman–Crippen LogP) is 1.79. The standard InChI is InChI=1S/C16H24N2O3/c1-12(10-18-5-7-19-8-6-18)17-13(2)14-3-4-15-16(9-14)21-11-20-15/h3-4,9,12-13,17H,5-8,10-11H2,1-2H3. The van der Waals surface area contributed by atoms with Gasteiger partial charge in [-0.2, -0.15) is 0 Å². The molecule has 0 radical (unpaired) electrons. The van der Waals surface area contributed by atoms with Crippen molar-refractivity contribution >= 4 is 0 Å². The summed E-state index contributed by atoms with van der Waals surface area (Å²) in [4.78, 5) is 2.45. The first-order valence-electron chi connectivity index (χ1n) is 7.68. The van der Waals surface area contributed by atoms with Gasteiger partial charge in [0.25, 0.3) is 0 Å². The van der Waals surface area contributed by atoms with E-state index < -0.39 is 0 Å². The van der Waals surface area contributed by atoms with Gasteiger partial charge in [0.05, 0.1) is 13.2 Å². The summed E-state index contributed by atoms with van der Waals surface area (Å²) in [6, 6.07) is 6.88. The molecule has 1 N–H and O–H groups in total. The van der Waals surface area contributed by atoms with Crippen molar-refractivity contribution in [3.63, 3.8) is 0 Å². The molecule has 1 aromatic carbocycles. The van der Waals surface area contributed by atoms with Crippen LogP contribution in [0, 0.1) is 0 Å². The third-order valence-corrected chi connectivity index (χ3v) is 4.07. The van der Waals surface area contributed by atoms with Crippen LogP contribution in [-0.4, -0.2) is 50.6 Å². The van der Waals surface area contributed by atoms with Gasteiger partial charge in [0.1, 0.15) is 0 Å². The van der Waals surface area contributed by atoms with Gasteiger partial charge >= 0.3 is 0 Å². The minimum atomic E-state index is 0.288. The number of rotatable bonds is 5. The zero-order chi connectivity index (χ0) is 14.7. The number of nitrogens with zero attached hydrogens (tertiary/aromatic N) is 1. The lowest BCUT2D eigenvalue weighted by atomic mass is 10.1. The third kappa shape index (κ3) is 3.67. The number of hydrogen-bond donors (Lipinski definition) is 1. The lowest BCUT2D eigenvalue weighted by Crippen LogP contribution is -2.44. The molecule has 2 heterocycles. The van der Waals surface area contributed by atoms with Crippen molar-refractivity contribution < 1.29 is 14.2 Å². The van der Waals surface area contributed by atoms with Crippen LogP contribution in [0.2, 0.25) is 0 Å². The smallest absolute Gasteiger partial charge is 0.231 e. The van der Waals surface area contributed by atoms with E-state index in [2.05, 4.69) is 36.2 Å².